The van der Waals surface area contributed by atoms with Gasteiger partial charge in [0.05, 0.1) is 19.1 Å². The average molecular weight is 375 g/mol. The monoisotopic (exact) mass is 375 g/mol. The number of aryl methyl sites for hydroxylation is 1. The Hall–Kier alpha value is -2.08. The van der Waals surface area contributed by atoms with Crippen LogP contribution in [0.2, 0.25) is 0 Å². The molecule has 1 N–H and O–H groups in total. The van der Waals surface area contributed by atoms with Crippen molar-refractivity contribution >= 4 is 11.9 Å². The van der Waals surface area contributed by atoms with Gasteiger partial charge in [-0.15, -0.1) is 0 Å². The minimum atomic E-state index is -1.00. The van der Waals surface area contributed by atoms with Gasteiger partial charge in [0.15, 0.2) is 0 Å². The van der Waals surface area contributed by atoms with Crippen molar-refractivity contribution < 1.29 is 24.2 Å². The van der Waals surface area contributed by atoms with Crippen molar-refractivity contribution in [3.8, 4) is 5.75 Å². The number of hydrogen-bond donors (Lipinski definition) is 1. The molecule has 0 aromatic heterocycles. The molecule has 1 aromatic carbocycles. The van der Waals surface area contributed by atoms with Crippen LogP contribution in [0, 0.1) is 12.3 Å². The molecule has 148 valence electrons. The summed E-state index contributed by atoms with van der Waals surface area (Å²) in [6.45, 7) is 2.77. The maximum atomic E-state index is 13.6. The summed E-state index contributed by atoms with van der Waals surface area (Å²) >= 11 is 0. The first kappa shape index (κ1) is 19.7. The predicted octanol–water partition coefficient (Wildman–Crippen LogP) is 2.77. The van der Waals surface area contributed by atoms with Crippen LogP contribution >= 0.6 is 0 Å². The van der Waals surface area contributed by atoms with Gasteiger partial charge in [0.2, 0.25) is 5.91 Å². The van der Waals surface area contributed by atoms with E-state index in [0.717, 1.165) is 42.6 Å². The van der Waals surface area contributed by atoms with Crippen LogP contribution in [0.25, 0.3) is 0 Å². The van der Waals surface area contributed by atoms with E-state index in [1.54, 1.807) is 12.0 Å². The zero-order chi connectivity index (χ0) is 19.7. The lowest BCUT2D eigenvalue weighted by atomic mass is 9.77. The minimum Gasteiger partial charge on any atom is -0.496 e. The summed E-state index contributed by atoms with van der Waals surface area (Å²) in [5.41, 5.74) is 0.428. The number of methoxy groups -OCH3 is 2. The number of ether oxygens (including phenoxy) is 2. The number of benzene rings is 1. The topological polar surface area (TPSA) is 76.1 Å². The van der Waals surface area contributed by atoms with Crippen LogP contribution in [0.1, 0.15) is 43.2 Å². The highest BCUT2D eigenvalue weighted by Crippen LogP contribution is 2.45. The van der Waals surface area contributed by atoms with Crippen molar-refractivity contribution in [1.82, 2.24) is 4.90 Å². The molecular weight excluding hydrogens is 346 g/mol. The third kappa shape index (κ3) is 3.31. The molecule has 1 amide bonds. The van der Waals surface area contributed by atoms with Gasteiger partial charge in [0, 0.05) is 20.2 Å². The van der Waals surface area contributed by atoms with Gasteiger partial charge in [-0.2, -0.15) is 0 Å². The first-order valence-electron chi connectivity index (χ1n) is 9.55. The van der Waals surface area contributed by atoms with E-state index in [0.29, 0.717) is 13.0 Å². The lowest BCUT2D eigenvalue weighted by Gasteiger charge is -2.34. The molecule has 1 heterocycles. The van der Waals surface area contributed by atoms with E-state index in [2.05, 4.69) is 0 Å². The van der Waals surface area contributed by atoms with Crippen LogP contribution < -0.4 is 4.74 Å². The highest BCUT2D eigenvalue weighted by Gasteiger charge is 2.51. The quantitative estimate of drug-likeness (QED) is 0.827. The van der Waals surface area contributed by atoms with Gasteiger partial charge in [-0.1, -0.05) is 25.0 Å². The maximum Gasteiger partial charge on any atom is 0.313 e. The molecule has 2 fully saturated rings. The summed E-state index contributed by atoms with van der Waals surface area (Å²) < 4.78 is 10.6. The summed E-state index contributed by atoms with van der Waals surface area (Å²) in [5, 5.41) is 9.71. The smallest absolute Gasteiger partial charge is 0.313 e. The Balaban J connectivity index is 1.92. The van der Waals surface area contributed by atoms with Crippen LogP contribution in [0.3, 0.4) is 0 Å². The van der Waals surface area contributed by atoms with Gasteiger partial charge < -0.3 is 19.5 Å². The standard InChI is InChI=1S/C21H29NO5/c1-15-6-7-16(12-17(15)27-3)21(8-4-5-9-21)18(23)22-11-10-20(13-22,14-26-2)19(24)25/h6-7,12H,4-5,8-11,13-14H2,1-3H3,(H,24,25). The fraction of sp³-hybridized carbons (Fsp3) is 0.619. The largest absolute Gasteiger partial charge is 0.496 e. The number of hydrogen-bond acceptors (Lipinski definition) is 4. The Morgan fingerprint density at radius 2 is 1.89 bits per heavy atom. The van der Waals surface area contributed by atoms with Gasteiger partial charge in [0.1, 0.15) is 11.2 Å². The summed E-state index contributed by atoms with van der Waals surface area (Å²) in [4.78, 5) is 27.2. The molecule has 2 aliphatic rings. The van der Waals surface area contributed by atoms with Crippen molar-refractivity contribution in [2.75, 3.05) is 33.9 Å². The molecule has 3 rings (SSSR count). The first-order valence-corrected chi connectivity index (χ1v) is 9.55. The zero-order valence-corrected chi connectivity index (χ0v) is 16.4. The Bertz CT molecular complexity index is 725. The highest BCUT2D eigenvalue weighted by molar-refractivity contribution is 5.90. The summed E-state index contributed by atoms with van der Waals surface area (Å²) in [5.74, 6) is -0.0606. The van der Waals surface area contributed by atoms with Crippen molar-refractivity contribution in [2.24, 2.45) is 5.41 Å². The van der Waals surface area contributed by atoms with E-state index in [1.807, 2.05) is 25.1 Å². The lowest BCUT2D eigenvalue weighted by molar-refractivity contribution is -0.152. The SMILES string of the molecule is COCC1(C(=O)O)CCN(C(=O)C2(c3ccc(C)c(OC)c3)CCCC2)C1. The maximum absolute atomic E-state index is 13.6. The molecule has 6 nitrogen and oxygen atoms in total. The Morgan fingerprint density at radius 1 is 1.19 bits per heavy atom. The Kier molecular flexibility index (Phi) is 5.47. The molecule has 27 heavy (non-hydrogen) atoms. The molecule has 1 unspecified atom stereocenters. The fourth-order valence-electron chi connectivity index (χ4n) is 4.70. The molecule has 1 aliphatic heterocycles. The molecule has 6 heteroatoms. The van der Waals surface area contributed by atoms with Crippen LogP contribution in [-0.4, -0.2) is 55.8 Å². The van der Waals surface area contributed by atoms with Crippen molar-refractivity contribution in [1.29, 1.82) is 0 Å². The van der Waals surface area contributed by atoms with E-state index < -0.39 is 16.8 Å². The van der Waals surface area contributed by atoms with E-state index >= 15 is 0 Å². The number of carbonyl (C=O) groups is 2. The zero-order valence-electron chi connectivity index (χ0n) is 16.4. The number of aliphatic carboxylic acids is 1. The molecular formula is C21H29NO5. The molecule has 1 aromatic rings. The van der Waals surface area contributed by atoms with Gasteiger partial charge in [-0.25, -0.2) is 0 Å². The number of carboxylic acids is 1. The third-order valence-electron chi connectivity index (χ3n) is 6.34. The normalized spacial score (nSPS) is 24.2. The average Bonchev–Trinajstić information content (AvgIpc) is 3.31. The van der Waals surface area contributed by atoms with Gasteiger partial charge in [-0.05, 0) is 43.4 Å². The molecule has 0 spiro atoms. The fourth-order valence-corrected chi connectivity index (χ4v) is 4.70. The van der Waals surface area contributed by atoms with Crippen molar-refractivity contribution in [3.63, 3.8) is 0 Å². The van der Waals surface area contributed by atoms with E-state index in [9.17, 15) is 14.7 Å². The highest BCUT2D eigenvalue weighted by atomic mass is 16.5. The van der Waals surface area contributed by atoms with E-state index in [-0.39, 0.29) is 19.1 Å². The summed E-state index contributed by atoms with van der Waals surface area (Å²) in [6.07, 6.45) is 4.00. The second-order valence-corrected chi connectivity index (χ2v) is 7.97. The van der Waals surface area contributed by atoms with Crippen LogP contribution in [0.4, 0.5) is 0 Å². The number of carboxylic acid groups (broad SMARTS) is 1. The molecule has 0 radical (unpaired) electrons. The van der Waals surface area contributed by atoms with Crippen LogP contribution in [0.15, 0.2) is 18.2 Å². The predicted molar refractivity (Wildman–Crippen MR) is 101 cm³/mol. The molecule has 1 saturated carbocycles. The van der Waals surface area contributed by atoms with Crippen molar-refractivity contribution in [2.45, 2.75) is 44.4 Å². The molecule has 0 bridgehead atoms. The first-order chi connectivity index (χ1) is 12.9. The summed E-state index contributed by atoms with van der Waals surface area (Å²) in [6, 6.07) is 6.00. The lowest BCUT2D eigenvalue weighted by Crippen LogP contribution is -2.47. The second-order valence-electron chi connectivity index (χ2n) is 7.97. The summed E-state index contributed by atoms with van der Waals surface area (Å²) in [7, 11) is 3.15. The minimum absolute atomic E-state index is 0.0464. The third-order valence-corrected chi connectivity index (χ3v) is 6.34. The molecule has 1 atom stereocenters. The molecule has 1 aliphatic carbocycles. The number of rotatable bonds is 6. The van der Waals surface area contributed by atoms with E-state index in [4.69, 9.17) is 9.47 Å². The van der Waals surface area contributed by atoms with Crippen LogP contribution in [-0.2, 0) is 19.7 Å². The Labute approximate surface area is 160 Å². The Morgan fingerprint density at radius 3 is 2.48 bits per heavy atom. The van der Waals surface area contributed by atoms with Gasteiger partial charge in [0.25, 0.3) is 0 Å². The molecule has 1 saturated heterocycles. The van der Waals surface area contributed by atoms with Gasteiger partial charge in [-0.3, -0.25) is 9.59 Å². The number of amides is 1. The second kappa shape index (κ2) is 7.50. The number of carbonyl (C=O) groups excluding carboxylic acids is 1. The van der Waals surface area contributed by atoms with Crippen LogP contribution in [0.5, 0.6) is 5.75 Å². The number of nitrogens with zero attached hydrogens (tertiary/aromatic N) is 1. The number of likely N-dealkylation sites (tertiary alicyclic amines) is 1. The van der Waals surface area contributed by atoms with Crippen molar-refractivity contribution in [3.05, 3.63) is 29.3 Å². The van der Waals surface area contributed by atoms with E-state index in [1.165, 1.54) is 7.11 Å². The van der Waals surface area contributed by atoms with Gasteiger partial charge >= 0.3 is 5.97 Å².